The summed E-state index contributed by atoms with van der Waals surface area (Å²) in [7, 11) is 0. The average molecular weight is 569 g/mol. The highest BCUT2D eigenvalue weighted by Gasteiger charge is 2.23. The second-order valence-electron chi connectivity index (χ2n) is 10.3. The lowest BCUT2D eigenvalue weighted by Gasteiger charge is -2.29. The van der Waals surface area contributed by atoms with Crippen LogP contribution < -0.4 is 4.90 Å². The Hall–Kier alpha value is -4.07. The fourth-order valence-electron chi connectivity index (χ4n) is 5.35. The van der Waals surface area contributed by atoms with Gasteiger partial charge in [0.1, 0.15) is 0 Å². The molecular formula is C31H32N6O3S. The van der Waals surface area contributed by atoms with Crippen LogP contribution in [0.5, 0.6) is 0 Å². The molecule has 2 aliphatic heterocycles. The van der Waals surface area contributed by atoms with E-state index in [0.29, 0.717) is 32.1 Å². The topological polar surface area (TPSA) is 104 Å². The molecule has 2 fully saturated rings. The molecule has 10 heteroatoms. The molecule has 0 saturated carbocycles. The Balaban J connectivity index is 1.21. The van der Waals surface area contributed by atoms with Crippen molar-refractivity contribution in [3.63, 3.8) is 0 Å². The van der Waals surface area contributed by atoms with Gasteiger partial charge in [-0.1, -0.05) is 30.0 Å². The normalized spacial score (nSPS) is 16.4. The number of rotatable bonds is 6. The molecule has 9 nitrogen and oxygen atoms in total. The number of carbonyl (C=O) groups excluding carboxylic acids is 2. The van der Waals surface area contributed by atoms with Crippen LogP contribution in [-0.4, -0.2) is 76.1 Å². The highest BCUT2D eigenvalue weighted by atomic mass is 32.1. The Morgan fingerprint density at radius 2 is 1.98 bits per heavy atom. The Bertz CT molecular complexity index is 1670. The number of H-pyrrole nitrogens is 1. The summed E-state index contributed by atoms with van der Waals surface area (Å²) < 4.78 is 6.64. The van der Waals surface area contributed by atoms with E-state index in [4.69, 9.17) is 14.7 Å². The first-order valence-corrected chi connectivity index (χ1v) is 14.9. The molecule has 1 amide bonds. The maximum atomic E-state index is 12.5. The van der Waals surface area contributed by atoms with Crippen molar-refractivity contribution in [2.45, 2.75) is 32.6 Å². The number of nitrogens with zero attached hydrogens (tertiary/aromatic N) is 5. The quantitative estimate of drug-likeness (QED) is 0.268. The molecule has 3 aromatic heterocycles. The predicted octanol–water partition coefficient (Wildman–Crippen LogP) is 4.59. The highest BCUT2D eigenvalue weighted by molar-refractivity contribution is 7.20. The predicted molar refractivity (Wildman–Crippen MR) is 161 cm³/mol. The number of allylic oxidation sites excluding steroid dienone is 2. The summed E-state index contributed by atoms with van der Waals surface area (Å²) in [5.41, 5.74) is 2.78. The molecule has 0 radical (unpaired) electrons. The first-order chi connectivity index (χ1) is 20.1. The lowest BCUT2D eigenvalue weighted by molar-refractivity contribution is -0.133. The van der Waals surface area contributed by atoms with Crippen LogP contribution in [0, 0.1) is 17.8 Å². The molecular weight excluding hydrogens is 536 g/mol. The van der Waals surface area contributed by atoms with Gasteiger partial charge in [0.05, 0.1) is 40.0 Å². The third-order valence-corrected chi connectivity index (χ3v) is 8.61. The smallest absolute Gasteiger partial charge is 0.223 e. The maximum absolute atomic E-state index is 12.5. The molecule has 4 aromatic rings. The van der Waals surface area contributed by atoms with Crippen molar-refractivity contribution < 1.29 is 14.3 Å². The largest absolute Gasteiger partial charge is 0.378 e. The van der Waals surface area contributed by atoms with E-state index in [1.807, 2.05) is 29.3 Å². The van der Waals surface area contributed by atoms with E-state index < -0.39 is 0 Å². The van der Waals surface area contributed by atoms with Crippen LogP contribution in [0.3, 0.4) is 0 Å². The summed E-state index contributed by atoms with van der Waals surface area (Å²) in [5.74, 6) is 8.73. The number of hydrogen-bond acceptors (Lipinski definition) is 8. The minimum Gasteiger partial charge on any atom is -0.378 e. The van der Waals surface area contributed by atoms with Gasteiger partial charge in [0.2, 0.25) is 5.91 Å². The molecule has 0 aliphatic carbocycles. The van der Waals surface area contributed by atoms with Gasteiger partial charge in [-0.25, -0.2) is 9.97 Å². The zero-order valence-corrected chi connectivity index (χ0v) is 23.9. The van der Waals surface area contributed by atoms with Crippen LogP contribution in [0.2, 0.25) is 0 Å². The zero-order valence-electron chi connectivity index (χ0n) is 23.1. The second-order valence-corrected chi connectivity index (χ2v) is 11.4. The second kappa shape index (κ2) is 12.2. The van der Waals surface area contributed by atoms with E-state index in [9.17, 15) is 9.59 Å². The Kier molecular flexibility index (Phi) is 8.07. The molecule has 0 unspecified atom stereocenters. The number of amides is 1. The summed E-state index contributed by atoms with van der Waals surface area (Å²) in [6.45, 7) is 6.06. The third-order valence-electron chi connectivity index (χ3n) is 7.57. The minimum atomic E-state index is -0.00272. The molecule has 6 rings (SSSR count). The van der Waals surface area contributed by atoms with Crippen molar-refractivity contribution in [2.24, 2.45) is 5.92 Å². The summed E-state index contributed by atoms with van der Waals surface area (Å²) in [4.78, 5) is 39.4. The average Bonchev–Trinajstić information content (AvgIpc) is 3.66. The van der Waals surface area contributed by atoms with Crippen LogP contribution >= 0.6 is 11.3 Å². The van der Waals surface area contributed by atoms with Crippen molar-refractivity contribution in [1.29, 1.82) is 0 Å². The van der Waals surface area contributed by atoms with E-state index in [0.717, 1.165) is 63.3 Å². The monoisotopic (exact) mass is 568 g/mol. The van der Waals surface area contributed by atoms with Crippen molar-refractivity contribution in [1.82, 2.24) is 25.1 Å². The molecule has 0 atom stereocenters. The number of aromatic amines is 1. The van der Waals surface area contributed by atoms with Gasteiger partial charge in [-0.2, -0.15) is 5.10 Å². The zero-order chi connectivity index (χ0) is 28.2. The number of ether oxygens (including phenoxy) is 1. The van der Waals surface area contributed by atoms with Gasteiger partial charge in [0, 0.05) is 55.9 Å². The molecule has 5 heterocycles. The molecule has 2 aliphatic rings. The molecule has 0 spiro atoms. The summed E-state index contributed by atoms with van der Waals surface area (Å²) in [6, 6.07) is 8.09. The number of hydrogen-bond donors (Lipinski definition) is 1. The van der Waals surface area contributed by atoms with Gasteiger partial charge in [-0.05, 0) is 38.0 Å². The lowest BCUT2D eigenvalue weighted by Crippen LogP contribution is -2.38. The third kappa shape index (κ3) is 6.01. The van der Waals surface area contributed by atoms with Gasteiger partial charge in [0.15, 0.2) is 17.4 Å². The number of benzene rings is 1. The van der Waals surface area contributed by atoms with Crippen molar-refractivity contribution >= 4 is 50.0 Å². The van der Waals surface area contributed by atoms with Crippen LogP contribution in [0.4, 0.5) is 5.82 Å². The number of morpholine rings is 1. The van der Waals surface area contributed by atoms with E-state index in [2.05, 4.69) is 33.0 Å². The first-order valence-electron chi connectivity index (χ1n) is 14.1. The van der Waals surface area contributed by atoms with Gasteiger partial charge >= 0.3 is 0 Å². The van der Waals surface area contributed by atoms with E-state index >= 15 is 0 Å². The fraction of sp³-hybridized carbons (Fsp3) is 0.387. The van der Waals surface area contributed by atoms with Gasteiger partial charge < -0.3 is 14.5 Å². The molecule has 1 aromatic carbocycles. The summed E-state index contributed by atoms with van der Waals surface area (Å²) >= 11 is 1.63. The highest BCUT2D eigenvalue weighted by Crippen LogP contribution is 2.35. The number of piperidine rings is 1. The fourth-order valence-corrected chi connectivity index (χ4v) is 6.33. The number of thiophene rings is 1. The number of ketones is 1. The van der Waals surface area contributed by atoms with Crippen LogP contribution in [0.15, 0.2) is 42.6 Å². The number of anilines is 1. The summed E-state index contributed by atoms with van der Waals surface area (Å²) in [5, 5.41) is 8.24. The van der Waals surface area contributed by atoms with Crippen molar-refractivity contribution in [2.75, 3.05) is 44.3 Å². The minimum absolute atomic E-state index is 0.00272. The Labute approximate surface area is 242 Å². The maximum Gasteiger partial charge on any atom is 0.223 e. The van der Waals surface area contributed by atoms with Crippen LogP contribution in [-0.2, 0) is 14.3 Å². The van der Waals surface area contributed by atoms with Gasteiger partial charge in [0.25, 0.3) is 0 Å². The number of carbonyl (C=O) groups is 2. The number of nitrogens with one attached hydrogen (secondary N) is 1. The van der Waals surface area contributed by atoms with E-state index in [1.54, 1.807) is 24.3 Å². The van der Waals surface area contributed by atoms with Gasteiger partial charge in [-0.3, -0.25) is 14.7 Å². The number of fused-ring (bicyclic) bond motifs is 2. The Morgan fingerprint density at radius 1 is 1.15 bits per heavy atom. The Morgan fingerprint density at radius 3 is 2.78 bits per heavy atom. The number of aromatic nitrogens is 4. The van der Waals surface area contributed by atoms with Crippen LogP contribution in [0.25, 0.3) is 32.5 Å². The molecule has 210 valence electrons. The van der Waals surface area contributed by atoms with Gasteiger partial charge in [-0.15, -0.1) is 11.3 Å². The van der Waals surface area contributed by atoms with E-state index in [-0.39, 0.29) is 30.4 Å². The summed E-state index contributed by atoms with van der Waals surface area (Å²) in [6.07, 6.45) is 7.27. The van der Waals surface area contributed by atoms with Crippen molar-refractivity contribution in [3.05, 3.63) is 47.5 Å². The van der Waals surface area contributed by atoms with E-state index in [1.165, 1.54) is 6.08 Å². The molecule has 41 heavy (non-hydrogen) atoms. The molecule has 2 saturated heterocycles. The molecule has 0 bridgehead atoms. The lowest BCUT2D eigenvalue weighted by atomic mass is 9.97. The van der Waals surface area contributed by atoms with Crippen LogP contribution in [0.1, 0.15) is 37.5 Å². The molecule has 1 N–H and O–H groups in total. The standard InChI is InChI=1S/C31H32N6O3S/c1-2-4-22(38)8-10-28(39)36-13-11-21(12-14-36)7-9-23-19-27-29(41-23)31(37-15-17-40-18-16-37)34-30(33-27)24-5-3-6-26-25(24)20-32-35-26/h2-6,19-21H,8,10-18H2,1H3,(H,32,35). The van der Waals surface area contributed by atoms with Crippen molar-refractivity contribution in [3.8, 4) is 23.2 Å². The number of likely N-dealkylation sites (tertiary alicyclic amines) is 1. The SMILES string of the molecule is CC=CC(=O)CCC(=O)N1CCC(C#Cc2cc3nc(-c4cccc5[nH]ncc45)nc(N4CCOCC4)c3s2)CC1. The first kappa shape index (κ1) is 27.1.